The van der Waals surface area contributed by atoms with E-state index in [1.165, 1.54) is 22.3 Å². The third kappa shape index (κ3) is 4.26. The van der Waals surface area contributed by atoms with Gasteiger partial charge in [-0.1, -0.05) is 86.7 Å². The van der Waals surface area contributed by atoms with Crippen molar-refractivity contribution >= 4 is 27.8 Å². The van der Waals surface area contributed by atoms with Crippen LogP contribution in [0.2, 0.25) is 0 Å². The number of rotatable bonds is 4. The van der Waals surface area contributed by atoms with E-state index in [1.54, 1.807) is 0 Å². The number of dihydropyridines is 1. The normalized spacial score (nSPS) is 16.4. The molecule has 0 spiro atoms. The van der Waals surface area contributed by atoms with Crippen LogP contribution in [0.15, 0.2) is 131 Å². The van der Waals surface area contributed by atoms with Crippen molar-refractivity contribution in [2.75, 3.05) is 0 Å². The minimum Gasteiger partial charge on any atom is -0.455 e. The molecule has 6 aromatic rings. The van der Waals surface area contributed by atoms with Crippen molar-refractivity contribution in [2.24, 2.45) is 10.7 Å². The van der Waals surface area contributed by atoms with Gasteiger partial charge in [-0.15, -0.1) is 0 Å². The number of para-hydroxylation sites is 1. The Hall–Kier alpha value is -5.86. The molecule has 216 valence electrons. The van der Waals surface area contributed by atoms with Crippen LogP contribution in [0.5, 0.6) is 0 Å². The van der Waals surface area contributed by atoms with Crippen LogP contribution in [0.4, 0.5) is 0 Å². The van der Waals surface area contributed by atoms with Gasteiger partial charge < -0.3 is 15.5 Å². The minimum absolute atomic E-state index is 0.198. The lowest BCUT2D eigenvalue weighted by Crippen LogP contribution is -2.26. The molecule has 0 radical (unpaired) electrons. The Morgan fingerprint density at radius 1 is 0.800 bits per heavy atom. The lowest BCUT2D eigenvalue weighted by atomic mass is 9.81. The van der Waals surface area contributed by atoms with Crippen LogP contribution in [0, 0.1) is 11.3 Å². The number of allylic oxidation sites excluding steroid dienone is 2. The van der Waals surface area contributed by atoms with E-state index in [2.05, 4.69) is 85.9 Å². The van der Waals surface area contributed by atoms with Crippen molar-refractivity contribution in [1.29, 1.82) is 5.26 Å². The number of amidine groups is 1. The Balaban J connectivity index is 1.22. The predicted octanol–water partition coefficient (Wildman–Crippen LogP) is 8.80. The number of furan rings is 1. The largest absolute Gasteiger partial charge is 0.455 e. The van der Waals surface area contributed by atoms with Gasteiger partial charge in [-0.3, -0.25) is 0 Å². The summed E-state index contributed by atoms with van der Waals surface area (Å²) in [7, 11) is 0. The molecule has 0 bridgehead atoms. The average Bonchev–Trinajstić information content (AvgIpc) is 3.56. The first-order valence-electron chi connectivity index (χ1n) is 15.1. The number of hydrogen-bond acceptors (Lipinski definition) is 4. The van der Waals surface area contributed by atoms with E-state index in [0.29, 0.717) is 11.4 Å². The second-order valence-corrected chi connectivity index (χ2v) is 12.2. The van der Waals surface area contributed by atoms with E-state index in [1.807, 2.05) is 60.8 Å². The quantitative estimate of drug-likeness (QED) is 0.161. The maximum Gasteiger partial charge on any atom is 0.143 e. The number of nitriles is 1. The summed E-state index contributed by atoms with van der Waals surface area (Å²) in [5.41, 5.74) is 18.7. The second-order valence-electron chi connectivity index (χ2n) is 12.2. The minimum atomic E-state index is -0.219. The molecule has 1 aromatic heterocycles. The highest BCUT2D eigenvalue weighted by Gasteiger charge is 2.36. The average molecular weight is 583 g/mol. The van der Waals surface area contributed by atoms with Gasteiger partial charge in [-0.25, -0.2) is 4.99 Å². The van der Waals surface area contributed by atoms with E-state index in [0.717, 1.165) is 49.8 Å². The van der Waals surface area contributed by atoms with E-state index in [-0.39, 0.29) is 11.6 Å². The van der Waals surface area contributed by atoms with Gasteiger partial charge in [0.2, 0.25) is 0 Å². The topological polar surface area (TPSA) is 87.3 Å². The molecule has 0 saturated heterocycles. The fraction of sp³-hybridized carbons (Fsp3) is 0.100. The molecule has 8 rings (SSSR count). The Kier molecular flexibility index (Phi) is 6.01. The predicted molar refractivity (Wildman–Crippen MR) is 183 cm³/mol. The molecule has 5 nitrogen and oxygen atoms in total. The zero-order chi connectivity index (χ0) is 30.7. The first-order valence-corrected chi connectivity index (χ1v) is 15.1. The van der Waals surface area contributed by atoms with Crippen LogP contribution in [-0.4, -0.2) is 12.0 Å². The van der Waals surface area contributed by atoms with E-state index >= 15 is 0 Å². The smallest absolute Gasteiger partial charge is 0.143 e. The van der Waals surface area contributed by atoms with Crippen molar-refractivity contribution in [3.63, 3.8) is 0 Å². The molecule has 2 aliphatic rings. The molecule has 1 aliphatic carbocycles. The zero-order valence-corrected chi connectivity index (χ0v) is 25.0. The first-order chi connectivity index (χ1) is 21.9. The first kappa shape index (κ1) is 26.7. The number of nitrogens with two attached hydrogens (primary N) is 1. The maximum absolute atomic E-state index is 9.51. The molecule has 45 heavy (non-hydrogen) atoms. The summed E-state index contributed by atoms with van der Waals surface area (Å²) in [6, 6.07) is 35.8. The standard InChI is InChI=1S/C40H30N4O/c1-40(2)34-20-24(23-41)13-16-29(34)30-17-14-26(22-35(30)40)28-10-7-11-31-33-21-25(15-18-36(33)45-38(28)31)27-8-3-4-9-32(27)39(42)44-37-12-5-6-19-43-37/h3-22,37,43H,1-2H3,(H2,42,44). The van der Waals surface area contributed by atoms with Gasteiger partial charge in [0, 0.05) is 27.3 Å². The van der Waals surface area contributed by atoms with Gasteiger partial charge in [-0.2, -0.15) is 5.26 Å². The van der Waals surface area contributed by atoms with Gasteiger partial charge in [-0.05, 0) is 87.6 Å². The summed E-state index contributed by atoms with van der Waals surface area (Å²) in [6.07, 6.45) is 7.54. The third-order valence-corrected chi connectivity index (χ3v) is 9.17. The van der Waals surface area contributed by atoms with E-state index in [4.69, 9.17) is 15.1 Å². The van der Waals surface area contributed by atoms with Crippen LogP contribution in [0.3, 0.4) is 0 Å². The molecule has 1 aliphatic heterocycles. The van der Waals surface area contributed by atoms with Crippen LogP contribution >= 0.6 is 0 Å². The summed E-state index contributed by atoms with van der Waals surface area (Å²) >= 11 is 0. The van der Waals surface area contributed by atoms with Crippen LogP contribution < -0.4 is 11.1 Å². The number of nitrogens with zero attached hydrogens (tertiary/aromatic N) is 2. The summed E-state index contributed by atoms with van der Waals surface area (Å²) < 4.78 is 6.56. The Labute approximate surface area is 261 Å². The highest BCUT2D eigenvalue weighted by atomic mass is 16.3. The van der Waals surface area contributed by atoms with Gasteiger partial charge in [0.1, 0.15) is 23.2 Å². The van der Waals surface area contributed by atoms with Crippen molar-refractivity contribution in [3.05, 3.63) is 144 Å². The molecule has 5 aromatic carbocycles. The molecule has 1 atom stereocenters. The summed E-state index contributed by atoms with van der Waals surface area (Å²) in [4.78, 5) is 4.71. The van der Waals surface area contributed by atoms with Gasteiger partial charge in [0.25, 0.3) is 0 Å². The Morgan fingerprint density at radius 3 is 2.38 bits per heavy atom. The molecule has 5 heteroatoms. The molecule has 1 unspecified atom stereocenters. The van der Waals surface area contributed by atoms with Crippen LogP contribution in [0.25, 0.3) is 55.3 Å². The zero-order valence-electron chi connectivity index (χ0n) is 25.0. The van der Waals surface area contributed by atoms with E-state index in [9.17, 15) is 5.26 Å². The van der Waals surface area contributed by atoms with Gasteiger partial charge in [0.05, 0.1) is 11.6 Å². The Bertz CT molecular complexity index is 2310. The van der Waals surface area contributed by atoms with Crippen LogP contribution in [-0.2, 0) is 5.41 Å². The monoisotopic (exact) mass is 582 g/mol. The fourth-order valence-electron chi connectivity index (χ4n) is 6.86. The number of benzene rings is 5. The SMILES string of the molecule is CC1(C)c2cc(C#N)ccc2-c2ccc(-c3cccc4c3oc3ccc(-c5ccccc5C(N)=NC5C=CC=CN5)cc34)cc21. The number of nitrogens with one attached hydrogen (secondary N) is 1. The van der Waals surface area contributed by atoms with Crippen molar-refractivity contribution < 1.29 is 4.42 Å². The lowest BCUT2D eigenvalue weighted by molar-refractivity contribution is 0.660. The number of hydrogen-bond donors (Lipinski definition) is 2. The molecule has 2 heterocycles. The van der Waals surface area contributed by atoms with Gasteiger partial charge in [0.15, 0.2) is 0 Å². The third-order valence-electron chi connectivity index (χ3n) is 9.17. The number of fused-ring (bicyclic) bond motifs is 6. The Morgan fingerprint density at radius 2 is 1.56 bits per heavy atom. The second kappa shape index (κ2) is 10.1. The highest BCUT2D eigenvalue weighted by Crippen LogP contribution is 2.50. The van der Waals surface area contributed by atoms with Crippen molar-refractivity contribution in [2.45, 2.75) is 25.4 Å². The van der Waals surface area contributed by atoms with Crippen LogP contribution in [0.1, 0.15) is 36.1 Å². The molecular formula is C40H30N4O. The maximum atomic E-state index is 9.51. The van der Waals surface area contributed by atoms with Crippen molar-refractivity contribution in [3.8, 4) is 39.4 Å². The highest BCUT2D eigenvalue weighted by molar-refractivity contribution is 6.11. The number of aliphatic imine (C=N–C) groups is 1. The summed E-state index contributed by atoms with van der Waals surface area (Å²) in [5.74, 6) is 0.480. The van der Waals surface area contributed by atoms with E-state index < -0.39 is 0 Å². The molecule has 3 N–H and O–H groups in total. The molecular weight excluding hydrogens is 552 g/mol. The van der Waals surface area contributed by atoms with Gasteiger partial charge >= 0.3 is 0 Å². The summed E-state index contributed by atoms with van der Waals surface area (Å²) in [5, 5.41) is 14.8. The fourth-order valence-corrected chi connectivity index (χ4v) is 6.86. The molecule has 0 saturated carbocycles. The molecule has 0 fully saturated rings. The summed E-state index contributed by atoms with van der Waals surface area (Å²) in [6.45, 7) is 4.47. The molecule has 0 amide bonds. The van der Waals surface area contributed by atoms with Crippen molar-refractivity contribution in [1.82, 2.24) is 5.32 Å². The lowest BCUT2D eigenvalue weighted by Gasteiger charge is -2.22.